The van der Waals surface area contributed by atoms with Gasteiger partial charge in [-0.25, -0.2) is 9.37 Å². The second-order valence-electron chi connectivity index (χ2n) is 6.85. The van der Waals surface area contributed by atoms with E-state index in [1.165, 1.54) is 12.1 Å². The van der Waals surface area contributed by atoms with Crippen LogP contribution in [0, 0.1) is 5.82 Å². The summed E-state index contributed by atoms with van der Waals surface area (Å²) in [5.74, 6) is 0.322. The van der Waals surface area contributed by atoms with E-state index >= 15 is 0 Å². The first kappa shape index (κ1) is 17.9. The highest BCUT2D eigenvalue weighted by Crippen LogP contribution is 2.28. The van der Waals surface area contributed by atoms with Gasteiger partial charge in [0.2, 0.25) is 5.91 Å². The van der Waals surface area contributed by atoms with Gasteiger partial charge in [0.25, 0.3) is 0 Å². The molecule has 1 unspecified atom stereocenters. The monoisotopic (exact) mass is 373 g/mol. The molecule has 4 aromatic rings. The van der Waals surface area contributed by atoms with Crippen LogP contribution in [0.15, 0.2) is 72.8 Å². The van der Waals surface area contributed by atoms with Crippen LogP contribution < -0.4 is 5.32 Å². The molecular formula is C23H20FN3O. The van der Waals surface area contributed by atoms with Crippen LogP contribution >= 0.6 is 0 Å². The third-order valence-corrected chi connectivity index (χ3v) is 4.78. The van der Waals surface area contributed by atoms with Crippen molar-refractivity contribution in [1.82, 2.24) is 9.97 Å². The van der Waals surface area contributed by atoms with Gasteiger partial charge >= 0.3 is 0 Å². The molecule has 0 saturated carbocycles. The Hall–Kier alpha value is -3.47. The van der Waals surface area contributed by atoms with Crippen molar-refractivity contribution < 1.29 is 9.18 Å². The maximum Gasteiger partial charge on any atom is 0.224 e. The van der Waals surface area contributed by atoms with Gasteiger partial charge < -0.3 is 10.3 Å². The van der Waals surface area contributed by atoms with Crippen molar-refractivity contribution in [1.29, 1.82) is 0 Å². The number of rotatable bonds is 5. The predicted octanol–water partition coefficient (Wildman–Crippen LogP) is 5.50. The summed E-state index contributed by atoms with van der Waals surface area (Å²) in [4.78, 5) is 20.5. The van der Waals surface area contributed by atoms with E-state index in [-0.39, 0.29) is 17.6 Å². The summed E-state index contributed by atoms with van der Waals surface area (Å²) in [6.45, 7) is 1.96. The van der Waals surface area contributed by atoms with Gasteiger partial charge in [-0.05, 0) is 47.9 Å². The summed E-state index contributed by atoms with van der Waals surface area (Å²) in [6, 6.07) is 21.7. The molecule has 0 fully saturated rings. The number of anilines is 1. The number of hydrogen-bond donors (Lipinski definition) is 2. The number of nitrogens with zero attached hydrogens (tertiary/aromatic N) is 1. The average Bonchev–Trinajstić information content (AvgIpc) is 3.12. The Labute approximate surface area is 162 Å². The minimum absolute atomic E-state index is 0.0148. The first-order valence-electron chi connectivity index (χ1n) is 9.19. The molecule has 0 aliphatic heterocycles. The van der Waals surface area contributed by atoms with Crippen molar-refractivity contribution in [2.75, 3.05) is 5.32 Å². The number of benzene rings is 3. The normalized spacial score (nSPS) is 12.1. The second kappa shape index (κ2) is 7.64. The summed E-state index contributed by atoms with van der Waals surface area (Å²) < 4.78 is 13.1. The van der Waals surface area contributed by atoms with Gasteiger partial charge in [-0.1, -0.05) is 43.3 Å². The van der Waals surface area contributed by atoms with Gasteiger partial charge in [-0.2, -0.15) is 0 Å². The number of H-pyrrole nitrogens is 1. The molecular weight excluding hydrogens is 353 g/mol. The van der Waals surface area contributed by atoms with Crippen molar-refractivity contribution in [3.05, 3.63) is 84.2 Å². The molecule has 0 spiro atoms. The third kappa shape index (κ3) is 3.78. The number of amides is 1. The van der Waals surface area contributed by atoms with Gasteiger partial charge in [0.1, 0.15) is 11.6 Å². The van der Waals surface area contributed by atoms with Crippen LogP contribution in [0.25, 0.3) is 22.4 Å². The smallest absolute Gasteiger partial charge is 0.224 e. The van der Waals surface area contributed by atoms with Crippen LogP contribution in [0.5, 0.6) is 0 Å². The first-order valence-corrected chi connectivity index (χ1v) is 9.19. The van der Waals surface area contributed by atoms with Crippen LogP contribution in [0.2, 0.25) is 0 Å². The number of carbonyl (C=O) groups excluding carboxylic acids is 1. The molecule has 1 heterocycles. The average molecular weight is 373 g/mol. The molecule has 1 aromatic heterocycles. The molecule has 28 heavy (non-hydrogen) atoms. The zero-order valence-electron chi connectivity index (χ0n) is 15.4. The van der Waals surface area contributed by atoms with Gasteiger partial charge in [-0.3, -0.25) is 4.79 Å². The van der Waals surface area contributed by atoms with Crippen molar-refractivity contribution in [2.45, 2.75) is 19.3 Å². The van der Waals surface area contributed by atoms with Crippen LogP contribution in [0.4, 0.5) is 10.1 Å². The molecule has 1 atom stereocenters. The van der Waals surface area contributed by atoms with Gasteiger partial charge in [-0.15, -0.1) is 0 Å². The molecule has 0 saturated heterocycles. The van der Waals surface area contributed by atoms with Gasteiger partial charge in [0, 0.05) is 12.0 Å². The molecule has 5 heteroatoms. The number of halogens is 1. The topological polar surface area (TPSA) is 57.8 Å². The number of para-hydroxylation sites is 3. The number of carbonyl (C=O) groups is 1. The Kier molecular flexibility index (Phi) is 4.89. The maximum atomic E-state index is 13.1. The fourth-order valence-electron chi connectivity index (χ4n) is 3.27. The quantitative estimate of drug-likeness (QED) is 0.485. The zero-order chi connectivity index (χ0) is 19.5. The summed E-state index contributed by atoms with van der Waals surface area (Å²) in [7, 11) is 0. The summed E-state index contributed by atoms with van der Waals surface area (Å²) in [6.07, 6.45) is 0.306. The second-order valence-corrected chi connectivity index (χ2v) is 6.85. The summed E-state index contributed by atoms with van der Waals surface area (Å²) in [5.41, 5.74) is 4.30. The molecule has 0 aliphatic carbocycles. The standard InChI is InChI=1S/C23H20FN3O/c1-15(16-10-12-17(24)13-11-16)14-22(28)25-19-7-3-2-6-18(19)23-26-20-8-4-5-9-21(20)27-23/h2-13,15H,14H2,1H3,(H,25,28)(H,26,27). The highest BCUT2D eigenvalue weighted by Gasteiger charge is 2.15. The molecule has 0 aliphatic rings. The molecule has 4 rings (SSSR count). The third-order valence-electron chi connectivity index (χ3n) is 4.78. The highest BCUT2D eigenvalue weighted by atomic mass is 19.1. The van der Waals surface area contributed by atoms with Crippen molar-refractivity contribution in [3.8, 4) is 11.4 Å². The molecule has 4 nitrogen and oxygen atoms in total. The lowest BCUT2D eigenvalue weighted by molar-refractivity contribution is -0.116. The minimum Gasteiger partial charge on any atom is -0.338 e. The van der Waals surface area contributed by atoms with E-state index in [1.54, 1.807) is 12.1 Å². The lowest BCUT2D eigenvalue weighted by atomic mass is 9.97. The van der Waals surface area contributed by atoms with E-state index in [0.717, 1.165) is 22.2 Å². The van der Waals surface area contributed by atoms with Crippen molar-refractivity contribution in [2.24, 2.45) is 0 Å². The van der Waals surface area contributed by atoms with E-state index in [1.807, 2.05) is 55.5 Å². The number of aromatic nitrogens is 2. The Bertz CT molecular complexity index is 1090. The fraction of sp³-hybridized carbons (Fsp3) is 0.130. The van der Waals surface area contributed by atoms with Crippen molar-refractivity contribution >= 4 is 22.6 Å². The predicted molar refractivity (Wildman–Crippen MR) is 110 cm³/mol. The van der Waals surface area contributed by atoms with Crippen LogP contribution in [0.1, 0.15) is 24.8 Å². The number of imidazole rings is 1. The SMILES string of the molecule is CC(CC(=O)Nc1ccccc1-c1nc2ccccc2[nH]1)c1ccc(F)cc1. The zero-order valence-corrected chi connectivity index (χ0v) is 15.4. The van der Waals surface area contributed by atoms with Gasteiger partial charge in [0.15, 0.2) is 0 Å². The van der Waals surface area contributed by atoms with Crippen LogP contribution in [0.3, 0.4) is 0 Å². The minimum atomic E-state index is -0.278. The number of fused-ring (bicyclic) bond motifs is 1. The Morgan fingerprint density at radius 2 is 1.75 bits per heavy atom. The van der Waals surface area contributed by atoms with Crippen LogP contribution in [-0.4, -0.2) is 15.9 Å². The van der Waals surface area contributed by atoms with E-state index in [9.17, 15) is 9.18 Å². The number of hydrogen-bond acceptors (Lipinski definition) is 2. The maximum absolute atomic E-state index is 13.1. The van der Waals surface area contributed by atoms with E-state index in [0.29, 0.717) is 17.9 Å². The fourth-order valence-corrected chi connectivity index (χ4v) is 3.27. The van der Waals surface area contributed by atoms with Gasteiger partial charge in [0.05, 0.1) is 16.7 Å². The first-order chi connectivity index (χ1) is 13.6. The Morgan fingerprint density at radius 3 is 2.54 bits per heavy atom. The van der Waals surface area contributed by atoms with E-state index < -0.39 is 0 Å². The molecule has 0 radical (unpaired) electrons. The Morgan fingerprint density at radius 1 is 1.04 bits per heavy atom. The number of nitrogens with one attached hydrogen (secondary N) is 2. The number of aromatic amines is 1. The summed E-state index contributed by atoms with van der Waals surface area (Å²) in [5, 5.41) is 2.99. The molecule has 2 N–H and O–H groups in total. The molecule has 0 bridgehead atoms. The lowest BCUT2D eigenvalue weighted by Gasteiger charge is -2.13. The lowest BCUT2D eigenvalue weighted by Crippen LogP contribution is -2.15. The largest absolute Gasteiger partial charge is 0.338 e. The van der Waals surface area contributed by atoms with E-state index in [2.05, 4.69) is 15.3 Å². The summed E-state index contributed by atoms with van der Waals surface area (Å²) >= 11 is 0. The molecule has 1 amide bonds. The van der Waals surface area contributed by atoms with Crippen LogP contribution in [-0.2, 0) is 4.79 Å². The molecule has 3 aromatic carbocycles. The Balaban J connectivity index is 1.53. The highest BCUT2D eigenvalue weighted by molar-refractivity contribution is 5.95. The molecule has 140 valence electrons. The van der Waals surface area contributed by atoms with Crippen molar-refractivity contribution in [3.63, 3.8) is 0 Å². The van der Waals surface area contributed by atoms with E-state index in [4.69, 9.17) is 0 Å².